The Hall–Kier alpha value is 0.535. The minimum Gasteiger partial charge on any atom is -1.00 e. The molecule has 39 heavy (non-hydrogen) atoms. The molecule has 0 aliphatic carbocycles. The van der Waals surface area contributed by atoms with Crippen molar-refractivity contribution in [3.8, 4) is 0 Å². The van der Waals surface area contributed by atoms with Crippen LogP contribution in [0, 0.1) is 0 Å². The van der Waals surface area contributed by atoms with E-state index in [-0.39, 0.29) is 52.2 Å². The van der Waals surface area contributed by atoms with Gasteiger partial charge in [0, 0.05) is 25.2 Å². The molecule has 0 fully saturated rings. The average Bonchev–Trinajstić information content (AvgIpc) is 2.66. The zero-order chi connectivity index (χ0) is 30.5. The van der Waals surface area contributed by atoms with Crippen molar-refractivity contribution < 1.29 is 110 Å². The number of alkyl halides is 19. The minimum absolute atomic E-state index is 0. The molecule has 1 atom stereocenters. The molecule has 0 N–H and O–H groups in total. The van der Waals surface area contributed by atoms with Gasteiger partial charge in [0.15, 0.2) is 0 Å². The molecule has 1 unspecified atom stereocenters. The van der Waals surface area contributed by atoms with Crippen molar-refractivity contribution in [2.75, 3.05) is 0 Å². The Morgan fingerprint density at radius 2 is 0.872 bits per heavy atom. The largest absolute Gasteiger partial charge is 1.00 e. The van der Waals surface area contributed by atoms with Crippen LogP contribution in [0.2, 0.25) is 0 Å². The van der Waals surface area contributed by atoms with E-state index in [1.165, 1.54) is 36.4 Å². The van der Waals surface area contributed by atoms with Crippen LogP contribution in [0.3, 0.4) is 0 Å². The standard InChI is InChI=1S/C9H10F9I.C9H11F9.B.Na.H/c1-2-3-5(19)4-6(10,11)7(12,13)8(14,15)9(16,17)18;1-2-3-4-5-6(10,11)7(12,13)8(14,15)9(16,17)18;;;/h5H,2-4H2,1H3;2-5H2,1H3;;;/q;;;+1;-1. The molecule has 0 aromatic carbocycles. The fraction of sp³-hybridized carbons (Fsp3) is 1.00. The number of hydrogen-bond acceptors (Lipinski definition) is 0. The third kappa shape index (κ3) is 11.0. The van der Waals surface area contributed by atoms with Gasteiger partial charge in [-0.3, -0.25) is 0 Å². The molecule has 231 valence electrons. The Morgan fingerprint density at radius 3 is 1.15 bits per heavy atom. The van der Waals surface area contributed by atoms with Crippen molar-refractivity contribution in [2.24, 2.45) is 0 Å². The predicted octanol–water partition coefficient (Wildman–Crippen LogP) is 7.22. The first-order valence-electron chi connectivity index (χ1n) is 10.1. The molecular weight excluding hydrogens is 719 g/mol. The van der Waals surface area contributed by atoms with Crippen LogP contribution in [0.1, 0.15) is 60.2 Å². The maximum absolute atomic E-state index is 13.1. The van der Waals surface area contributed by atoms with E-state index in [1.54, 1.807) is 0 Å². The summed E-state index contributed by atoms with van der Waals surface area (Å²) >= 11 is 1.32. The summed E-state index contributed by atoms with van der Waals surface area (Å²) in [6.45, 7) is 3.06. The molecule has 0 amide bonds. The second-order valence-corrected chi connectivity index (χ2v) is 9.51. The Balaban J connectivity index is -0.000000190. The Labute approximate surface area is 250 Å². The van der Waals surface area contributed by atoms with E-state index in [0.29, 0.717) is 12.8 Å². The predicted molar refractivity (Wildman–Crippen MR) is 110 cm³/mol. The summed E-state index contributed by atoms with van der Waals surface area (Å²) in [5.41, 5.74) is 0. The minimum atomic E-state index is -6.79. The molecule has 0 aliphatic rings. The van der Waals surface area contributed by atoms with E-state index in [4.69, 9.17) is 0 Å². The summed E-state index contributed by atoms with van der Waals surface area (Å²) in [5.74, 6) is -37.4. The molecule has 0 bridgehead atoms. The molecule has 0 aromatic heterocycles. The third-order valence-electron chi connectivity index (χ3n) is 4.59. The summed E-state index contributed by atoms with van der Waals surface area (Å²) in [5, 5.41) is 0. The van der Waals surface area contributed by atoms with Gasteiger partial charge in [0.2, 0.25) is 0 Å². The van der Waals surface area contributed by atoms with Crippen molar-refractivity contribution >= 4 is 31.0 Å². The van der Waals surface area contributed by atoms with E-state index in [2.05, 4.69) is 0 Å². The van der Waals surface area contributed by atoms with Crippen LogP contribution < -0.4 is 29.6 Å². The quantitative estimate of drug-likeness (QED) is 0.0653. The van der Waals surface area contributed by atoms with Crippen LogP contribution in [-0.4, -0.2) is 60.2 Å². The van der Waals surface area contributed by atoms with Crippen molar-refractivity contribution in [1.29, 1.82) is 0 Å². The van der Waals surface area contributed by atoms with Gasteiger partial charge in [0.1, 0.15) is 0 Å². The molecule has 0 rings (SSSR count). The van der Waals surface area contributed by atoms with E-state index in [1.807, 2.05) is 0 Å². The van der Waals surface area contributed by atoms with Gasteiger partial charge in [-0.15, -0.1) is 0 Å². The van der Waals surface area contributed by atoms with Gasteiger partial charge in [-0.2, -0.15) is 79.0 Å². The first kappa shape index (κ1) is 46.5. The molecule has 3 radical (unpaired) electrons. The maximum Gasteiger partial charge on any atom is 1.00 e. The zero-order valence-electron chi connectivity index (χ0n) is 21.3. The number of unbranched alkanes of at least 4 members (excludes halogenated alkanes) is 2. The Kier molecular flexibility index (Phi) is 18.9. The molecule has 0 nitrogen and oxygen atoms in total. The molecule has 0 aliphatic heterocycles. The van der Waals surface area contributed by atoms with Crippen LogP contribution in [0.25, 0.3) is 0 Å². The fourth-order valence-corrected chi connectivity index (χ4v) is 3.57. The maximum atomic E-state index is 13.1. The fourth-order valence-electron chi connectivity index (χ4n) is 2.39. The van der Waals surface area contributed by atoms with Crippen molar-refractivity contribution in [3.05, 3.63) is 0 Å². The number of rotatable bonds is 12. The van der Waals surface area contributed by atoms with Crippen LogP contribution in [0.4, 0.5) is 79.0 Å². The number of hydrogen-bond donors (Lipinski definition) is 0. The van der Waals surface area contributed by atoms with Gasteiger partial charge in [0.05, 0.1) is 0 Å². The van der Waals surface area contributed by atoms with Crippen LogP contribution in [-0.2, 0) is 0 Å². The Morgan fingerprint density at radius 1 is 0.538 bits per heavy atom. The van der Waals surface area contributed by atoms with E-state index >= 15 is 0 Å². The first-order valence-corrected chi connectivity index (χ1v) is 11.3. The zero-order valence-corrected chi connectivity index (χ0v) is 24.4. The molecule has 0 heterocycles. The number of halogens is 19. The van der Waals surface area contributed by atoms with Crippen molar-refractivity contribution in [3.63, 3.8) is 0 Å². The van der Waals surface area contributed by atoms with Crippen LogP contribution in [0.5, 0.6) is 0 Å². The summed E-state index contributed by atoms with van der Waals surface area (Å²) in [6, 6.07) is 0. The normalized spacial score (nSPS) is 15.0. The topological polar surface area (TPSA) is 0 Å². The first-order chi connectivity index (χ1) is 16.0. The van der Waals surface area contributed by atoms with E-state index in [0.717, 1.165) is 0 Å². The van der Waals surface area contributed by atoms with E-state index < -0.39 is 71.1 Å². The molecule has 0 saturated heterocycles. The summed E-state index contributed by atoms with van der Waals surface area (Å²) in [4.78, 5) is 0. The van der Waals surface area contributed by atoms with Crippen molar-refractivity contribution in [1.82, 2.24) is 0 Å². The molecule has 0 aromatic rings. The Bertz CT molecular complexity index is 699. The average molecular weight is 741 g/mol. The molecule has 21 heteroatoms. The molecule has 0 saturated carbocycles. The summed E-state index contributed by atoms with van der Waals surface area (Å²) in [7, 11) is 0. The van der Waals surface area contributed by atoms with Gasteiger partial charge in [-0.25, -0.2) is 0 Å². The smallest absolute Gasteiger partial charge is 1.00 e. The molecule has 0 spiro atoms. The van der Waals surface area contributed by atoms with Gasteiger partial charge >= 0.3 is 77.4 Å². The summed E-state index contributed by atoms with van der Waals surface area (Å²) in [6.07, 6.45) is -16.8. The van der Waals surface area contributed by atoms with Crippen LogP contribution in [0.15, 0.2) is 0 Å². The monoisotopic (exact) mass is 741 g/mol. The van der Waals surface area contributed by atoms with Crippen molar-refractivity contribution in [2.45, 2.75) is 111 Å². The SMILES string of the molecule is CCCC(I)CC(F)(F)C(F)(F)C(F)(F)C(F)(F)F.CCCCCC(F)(F)C(F)(F)C(F)(F)C(F)(F)F.[B].[H-].[Na+]. The van der Waals surface area contributed by atoms with Gasteiger partial charge in [-0.05, 0) is 12.8 Å². The second kappa shape index (κ2) is 15.8. The van der Waals surface area contributed by atoms with Gasteiger partial charge < -0.3 is 1.43 Å². The van der Waals surface area contributed by atoms with Gasteiger partial charge in [0.25, 0.3) is 0 Å². The second-order valence-electron chi connectivity index (χ2n) is 7.75. The van der Waals surface area contributed by atoms with E-state index in [9.17, 15) is 79.0 Å². The van der Waals surface area contributed by atoms with Gasteiger partial charge in [-0.1, -0.05) is 55.7 Å². The van der Waals surface area contributed by atoms with Crippen LogP contribution >= 0.6 is 22.6 Å². The third-order valence-corrected chi connectivity index (χ3v) is 5.66. The molecular formula is C18H22BF18INa. The summed E-state index contributed by atoms with van der Waals surface area (Å²) < 4.78 is 222.